The van der Waals surface area contributed by atoms with Crippen molar-refractivity contribution in [2.24, 2.45) is 5.73 Å². The predicted molar refractivity (Wildman–Crippen MR) is 132 cm³/mol. The van der Waals surface area contributed by atoms with Crippen molar-refractivity contribution < 1.29 is 14.4 Å². The summed E-state index contributed by atoms with van der Waals surface area (Å²) in [5.74, 6) is -0.169. The van der Waals surface area contributed by atoms with Crippen molar-refractivity contribution in [3.8, 4) is 6.07 Å². The molecule has 0 aliphatic carbocycles. The average Bonchev–Trinajstić information content (AvgIpc) is 2.84. The van der Waals surface area contributed by atoms with Crippen LogP contribution >= 0.6 is 0 Å². The summed E-state index contributed by atoms with van der Waals surface area (Å²) in [6, 6.07) is 11.4. The number of nitrogens with two attached hydrogens (primary N) is 1. The zero-order valence-corrected chi connectivity index (χ0v) is 21.2. The maximum atomic E-state index is 13.2. The van der Waals surface area contributed by atoms with Crippen molar-refractivity contribution in [2.45, 2.75) is 65.1 Å². The van der Waals surface area contributed by atoms with Crippen LogP contribution in [-0.4, -0.2) is 83.5 Å². The third-order valence-electron chi connectivity index (χ3n) is 5.66. The molecule has 3 amide bonds. The molecular formula is C25H40N6O3. The van der Waals surface area contributed by atoms with Crippen LogP contribution < -0.4 is 5.73 Å². The van der Waals surface area contributed by atoms with Gasteiger partial charge in [0.1, 0.15) is 18.8 Å². The van der Waals surface area contributed by atoms with Crippen LogP contribution in [-0.2, 0) is 14.4 Å². The van der Waals surface area contributed by atoms with Crippen LogP contribution in [0, 0.1) is 11.3 Å². The molecule has 188 valence electrons. The Kier molecular flexibility index (Phi) is 12.9. The molecule has 0 radical (unpaired) electrons. The molecule has 2 aliphatic heterocycles. The molecule has 0 saturated carbocycles. The van der Waals surface area contributed by atoms with Crippen molar-refractivity contribution in [1.82, 2.24) is 19.8 Å². The first-order valence-electron chi connectivity index (χ1n) is 12.0. The lowest BCUT2D eigenvalue weighted by molar-refractivity contribution is -0.198. The summed E-state index contributed by atoms with van der Waals surface area (Å²) in [6.45, 7) is 8.91. The van der Waals surface area contributed by atoms with E-state index in [1.807, 2.05) is 43.3 Å². The van der Waals surface area contributed by atoms with Gasteiger partial charge in [-0.2, -0.15) is 10.3 Å². The number of hydrogen-bond donors (Lipinski definition) is 1. The normalized spacial score (nSPS) is 20.8. The Hall–Kier alpha value is -2.96. The van der Waals surface area contributed by atoms with E-state index in [0.717, 1.165) is 12.0 Å². The van der Waals surface area contributed by atoms with Crippen LogP contribution in [0.4, 0.5) is 0 Å². The van der Waals surface area contributed by atoms with Crippen LogP contribution in [0.1, 0.15) is 58.4 Å². The Morgan fingerprint density at radius 1 is 1.18 bits per heavy atom. The van der Waals surface area contributed by atoms with Crippen LogP contribution in [0.15, 0.2) is 30.3 Å². The summed E-state index contributed by atoms with van der Waals surface area (Å²) in [6.07, 6.45) is 2.61. The molecule has 3 atom stereocenters. The highest BCUT2D eigenvalue weighted by Crippen LogP contribution is 2.29. The molecule has 9 heteroatoms. The zero-order valence-electron chi connectivity index (χ0n) is 21.2. The van der Waals surface area contributed by atoms with E-state index in [-0.39, 0.29) is 37.4 Å². The third kappa shape index (κ3) is 7.02. The Balaban J connectivity index is 0.00000107. The lowest BCUT2D eigenvalue weighted by Gasteiger charge is -2.54. The number of rotatable bonds is 7. The van der Waals surface area contributed by atoms with Crippen LogP contribution in [0.25, 0.3) is 0 Å². The van der Waals surface area contributed by atoms with Crippen molar-refractivity contribution >= 4 is 18.2 Å². The quantitative estimate of drug-likeness (QED) is 0.480. The van der Waals surface area contributed by atoms with Gasteiger partial charge < -0.3 is 15.5 Å². The first-order valence-corrected chi connectivity index (χ1v) is 12.0. The SMILES string of the molecule is CCC.CCC[C@H]1C(=O)N(CC(C)c2ccccc2)CC2N1C(=O)CN(CC#N)N2C=O.CN. The van der Waals surface area contributed by atoms with Crippen LogP contribution in [0.2, 0.25) is 0 Å². The number of piperazine rings is 1. The summed E-state index contributed by atoms with van der Waals surface area (Å²) in [7, 11) is 1.50. The van der Waals surface area contributed by atoms with E-state index in [9.17, 15) is 14.4 Å². The van der Waals surface area contributed by atoms with Crippen molar-refractivity contribution in [3.05, 3.63) is 35.9 Å². The summed E-state index contributed by atoms with van der Waals surface area (Å²) < 4.78 is 0. The second-order valence-corrected chi connectivity index (χ2v) is 8.31. The molecule has 1 aromatic carbocycles. The number of nitriles is 1. The molecule has 2 heterocycles. The van der Waals surface area contributed by atoms with Gasteiger partial charge in [0.2, 0.25) is 18.2 Å². The first kappa shape index (κ1) is 29.1. The van der Waals surface area contributed by atoms with Gasteiger partial charge in [0.15, 0.2) is 0 Å². The largest absolute Gasteiger partial charge is 0.336 e. The molecule has 2 fully saturated rings. The summed E-state index contributed by atoms with van der Waals surface area (Å²) in [5.41, 5.74) is 5.63. The van der Waals surface area contributed by atoms with Gasteiger partial charge >= 0.3 is 0 Å². The van der Waals surface area contributed by atoms with E-state index in [1.54, 1.807) is 9.80 Å². The summed E-state index contributed by atoms with van der Waals surface area (Å²) in [4.78, 5) is 41.2. The number of nitrogens with zero attached hydrogens (tertiary/aromatic N) is 5. The number of hydrazine groups is 1. The molecule has 0 bridgehead atoms. The molecule has 34 heavy (non-hydrogen) atoms. The van der Waals surface area contributed by atoms with Gasteiger partial charge in [-0.3, -0.25) is 19.4 Å². The topological polar surface area (TPSA) is 114 Å². The van der Waals surface area contributed by atoms with Crippen molar-refractivity contribution in [2.75, 3.05) is 33.2 Å². The molecule has 0 aromatic heterocycles. The monoisotopic (exact) mass is 472 g/mol. The minimum atomic E-state index is -0.584. The van der Waals surface area contributed by atoms with E-state index in [0.29, 0.717) is 19.4 Å². The lowest BCUT2D eigenvalue weighted by atomic mass is 9.97. The minimum Gasteiger partial charge on any atom is -0.336 e. The molecule has 2 saturated heterocycles. The third-order valence-corrected chi connectivity index (χ3v) is 5.66. The maximum absolute atomic E-state index is 13.2. The van der Waals surface area contributed by atoms with Gasteiger partial charge in [-0.1, -0.05) is 70.9 Å². The highest BCUT2D eigenvalue weighted by atomic mass is 16.2. The predicted octanol–water partition coefficient (Wildman–Crippen LogP) is 2.16. The number of amides is 3. The van der Waals surface area contributed by atoms with Crippen LogP contribution in [0.5, 0.6) is 0 Å². The van der Waals surface area contributed by atoms with Gasteiger partial charge in [0.25, 0.3) is 0 Å². The fraction of sp³-hybridized carbons (Fsp3) is 0.600. The van der Waals surface area contributed by atoms with E-state index >= 15 is 0 Å². The lowest BCUT2D eigenvalue weighted by Crippen LogP contribution is -2.74. The van der Waals surface area contributed by atoms with E-state index in [4.69, 9.17) is 5.26 Å². The molecule has 3 rings (SSSR count). The van der Waals surface area contributed by atoms with Crippen molar-refractivity contribution in [3.63, 3.8) is 0 Å². The summed E-state index contributed by atoms with van der Waals surface area (Å²) >= 11 is 0. The second kappa shape index (κ2) is 15.0. The number of benzene rings is 1. The summed E-state index contributed by atoms with van der Waals surface area (Å²) in [5, 5.41) is 11.9. The van der Waals surface area contributed by atoms with Gasteiger partial charge in [-0.15, -0.1) is 0 Å². The Bertz CT molecular complexity index is 813. The van der Waals surface area contributed by atoms with Gasteiger partial charge in [-0.05, 0) is 24.9 Å². The van der Waals surface area contributed by atoms with Crippen LogP contribution in [0.3, 0.4) is 0 Å². The minimum absolute atomic E-state index is 0.0539. The number of carbonyl (C=O) groups excluding carboxylic acids is 3. The Labute approximate surface area is 204 Å². The maximum Gasteiger partial charge on any atom is 0.245 e. The highest BCUT2D eigenvalue weighted by Gasteiger charge is 2.49. The smallest absolute Gasteiger partial charge is 0.245 e. The Morgan fingerprint density at radius 3 is 2.32 bits per heavy atom. The van der Waals surface area contributed by atoms with Crippen molar-refractivity contribution in [1.29, 1.82) is 5.26 Å². The molecule has 2 aliphatic rings. The van der Waals surface area contributed by atoms with Gasteiger partial charge in [0, 0.05) is 6.54 Å². The molecular weight excluding hydrogens is 432 g/mol. The molecule has 2 N–H and O–H groups in total. The molecule has 2 unspecified atom stereocenters. The fourth-order valence-corrected chi connectivity index (χ4v) is 4.25. The van der Waals surface area contributed by atoms with E-state index < -0.39 is 12.2 Å². The highest BCUT2D eigenvalue weighted by molar-refractivity contribution is 5.90. The molecule has 1 aromatic rings. The molecule has 9 nitrogen and oxygen atoms in total. The van der Waals surface area contributed by atoms with Gasteiger partial charge in [-0.25, -0.2) is 0 Å². The number of carbonyl (C=O) groups is 3. The van der Waals surface area contributed by atoms with E-state index in [2.05, 4.69) is 26.5 Å². The second-order valence-electron chi connectivity index (χ2n) is 8.31. The average molecular weight is 473 g/mol. The fourth-order valence-electron chi connectivity index (χ4n) is 4.25. The van der Waals surface area contributed by atoms with Gasteiger partial charge in [0.05, 0.1) is 19.2 Å². The zero-order chi connectivity index (χ0) is 25.7. The standard InChI is InChI=1S/C21H27N5O3.C3H8.CH5N/c1-3-7-18-21(29)23(12-16(2)17-8-5-4-6-9-17)13-19-25(15-27)24(11-10-22)14-20(28)26(18)19;1-3-2;1-2/h4-6,8-9,15-16,18-19H,3,7,11-14H2,1-2H3;3H2,1-2H3;2H2,1H3/t16?,18-,19?;;/m0../s1. The number of fused-ring (bicyclic) bond motifs is 1. The number of hydrogen-bond acceptors (Lipinski definition) is 6. The molecule has 0 spiro atoms. The van der Waals surface area contributed by atoms with E-state index in [1.165, 1.54) is 23.5 Å². The Morgan fingerprint density at radius 2 is 1.79 bits per heavy atom. The first-order chi connectivity index (χ1) is 16.4.